The molecule has 5 rings (SSSR count). The molecule has 2 aliphatic rings. The average molecular weight is 525 g/mol. The summed E-state index contributed by atoms with van der Waals surface area (Å²) in [6.07, 6.45) is 7.43. The van der Waals surface area contributed by atoms with Crippen LogP contribution >= 0.6 is 11.6 Å². The van der Waals surface area contributed by atoms with Crippen molar-refractivity contribution in [3.63, 3.8) is 0 Å². The second kappa shape index (κ2) is 10.2. The lowest BCUT2D eigenvalue weighted by Crippen LogP contribution is -2.60. The summed E-state index contributed by atoms with van der Waals surface area (Å²) in [7, 11) is 0. The summed E-state index contributed by atoms with van der Waals surface area (Å²) in [5.41, 5.74) is 2.25. The molecule has 3 N–H and O–H groups in total. The normalized spacial score (nSPS) is 21.8. The van der Waals surface area contributed by atoms with Crippen molar-refractivity contribution in [2.24, 2.45) is 0 Å². The zero-order chi connectivity index (χ0) is 26.2. The van der Waals surface area contributed by atoms with Crippen molar-refractivity contribution in [1.29, 1.82) is 0 Å². The molecule has 0 radical (unpaired) electrons. The minimum absolute atomic E-state index is 0.0910. The van der Waals surface area contributed by atoms with E-state index in [2.05, 4.69) is 25.6 Å². The van der Waals surface area contributed by atoms with Crippen LogP contribution in [0.1, 0.15) is 52.9 Å². The largest absolute Gasteiger partial charge is 0.444 e. The van der Waals surface area contributed by atoms with E-state index in [-0.39, 0.29) is 18.0 Å². The lowest BCUT2D eigenvalue weighted by molar-refractivity contribution is -0.131. The van der Waals surface area contributed by atoms with Gasteiger partial charge in [0.05, 0.1) is 0 Å². The predicted octanol–water partition coefficient (Wildman–Crippen LogP) is 5.13. The molecule has 2 fully saturated rings. The molecule has 0 aromatic carbocycles. The van der Waals surface area contributed by atoms with Gasteiger partial charge in [-0.15, -0.1) is 0 Å². The Kier molecular flexibility index (Phi) is 6.98. The predicted molar refractivity (Wildman–Crippen MR) is 143 cm³/mol. The van der Waals surface area contributed by atoms with Gasteiger partial charge in [0.25, 0.3) is 0 Å². The molecule has 3 aromatic heterocycles. The molecule has 10 heteroatoms. The summed E-state index contributed by atoms with van der Waals surface area (Å²) in [6, 6.07) is 7.69. The summed E-state index contributed by atoms with van der Waals surface area (Å²) in [5.74, 6) is 0.638. The molecule has 1 saturated heterocycles. The number of aromatic amines is 1. The highest BCUT2D eigenvalue weighted by Gasteiger charge is 2.40. The first-order valence-corrected chi connectivity index (χ1v) is 13.2. The second-order valence-corrected chi connectivity index (χ2v) is 11.2. The topological polar surface area (TPSA) is 112 Å². The third-order valence-electron chi connectivity index (χ3n) is 6.93. The first-order valence-electron chi connectivity index (χ1n) is 12.8. The summed E-state index contributed by atoms with van der Waals surface area (Å²) < 4.78 is 5.42. The van der Waals surface area contributed by atoms with Crippen LogP contribution in [0, 0.1) is 0 Å². The molecule has 0 bridgehead atoms. The highest BCUT2D eigenvalue weighted by molar-refractivity contribution is 6.29. The lowest BCUT2D eigenvalue weighted by atomic mass is 9.90. The van der Waals surface area contributed by atoms with Gasteiger partial charge in [-0.25, -0.2) is 14.8 Å². The number of nitrogens with zero attached hydrogens (tertiary/aromatic N) is 3. The van der Waals surface area contributed by atoms with Crippen LogP contribution in [0.3, 0.4) is 0 Å². The van der Waals surface area contributed by atoms with E-state index < -0.39 is 17.7 Å². The standard InChI is InChI=1S/C27H33ClN6O3/c1-27(2,3)37-26(36)34-12-10-21(34)25(35)32-18-8-6-17(7-9-18)31-23-14-16(13-22(28)33-23)20-15-30-24-19(20)5-4-11-29-24/h4-5,11,13-15,17-18,21H,6-10,12H2,1-3H3,(H,29,30)(H,31,33)(H,32,35)/t17-,18-,21-/m0/s1. The molecule has 1 aliphatic heterocycles. The lowest BCUT2D eigenvalue weighted by Gasteiger charge is -2.41. The maximum Gasteiger partial charge on any atom is 0.410 e. The van der Waals surface area contributed by atoms with Crippen LogP contribution in [0.2, 0.25) is 5.15 Å². The molecule has 37 heavy (non-hydrogen) atoms. The van der Waals surface area contributed by atoms with Gasteiger partial charge >= 0.3 is 6.09 Å². The summed E-state index contributed by atoms with van der Waals surface area (Å²) in [6.45, 7) is 6.02. The highest BCUT2D eigenvalue weighted by Crippen LogP contribution is 2.32. The fraction of sp³-hybridized carbons (Fsp3) is 0.481. The number of halogens is 1. The van der Waals surface area contributed by atoms with E-state index in [9.17, 15) is 9.59 Å². The zero-order valence-corrected chi connectivity index (χ0v) is 22.1. The molecule has 2 amide bonds. The first-order chi connectivity index (χ1) is 17.7. The van der Waals surface area contributed by atoms with Crippen molar-refractivity contribution in [3.05, 3.63) is 41.8 Å². The molecule has 0 spiro atoms. The van der Waals surface area contributed by atoms with E-state index in [0.29, 0.717) is 18.1 Å². The fourth-order valence-electron chi connectivity index (χ4n) is 5.01. The fourth-order valence-corrected chi connectivity index (χ4v) is 5.22. The van der Waals surface area contributed by atoms with Gasteiger partial charge in [-0.3, -0.25) is 9.69 Å². The van der Waals surface area contributed by atoms with Gasteiger partial charge in [-0.05, 0) is 82.7 Å². The Hall–Kier alpha value is -3.33. The Bertz CT molecular complexity index is 1290. The summed E-state index contributed by atoms with van der Waals surface area (Å²) >= 11 is 6.37. The number of rotatable bonds is 5. The Balaban J connectivity index is 1.15. The number of carbonyl (C=O) groups excluding carboxylic acids is 2. The van der Waals surface area contributed by atoms with E-state index in [1.54, 1.807) is 6.20 Å². The van der Waals surface area contributed by atoms with Crippen molar-refractivity contribution in [3.8, 4) is 11.1 Å². The summed E-state index contributed by atoms with van der Waals surface area (Å²) in [4.78, 5) is 38.7. The van der Waals surface area contributed by atoms with Crippen LogP contribution in [0.15, 0.2) is 36.7 Å². The number of ether oxygens (including phenoxy) is 1. The van der Waals surface area contributed by atoms with Crippen molar-refractivity contribution >= 4 is 40.5 Å². The second-order valence-electron chi connectivity index (χ2n) is 10.8. The number of nitrogens with one attached hydrogen (secondary N) is 3. The van der Waals surface area contributed by atoms with Gasteiger partial charge in [0.15, 0.2) is 0 Å². The highest BCUT2D eigenvalue weighted by atomic mass is 35.5. The van der Waals surface area contributed by atoms with E-state index in [0.717, 1.165) is 53.7 Å². The van der Waals surface area contributed by atoms with E-state index in [1.165, 1.54) is 4.90 Å². The van der Waals surface area contributed by atoms with Gasteiger partial charge in [-0.2, -0.15) is 0 Å². The SMILES string of the molecule is CC(C)(C)OC(=O)N1CC[C@H]1C(=O)N[C@H]1CC[C@H](Nc2cc(-c3c[nH]c4ncccc34)cc(Cl)n2)CC1. The van der Waals surface area contributed by atoms with E-state index >= 15 is 0 Å². The Labute approximate surface area is 221 Å². The van der Waals surface area contributed by atoms with Gasteiger partial charge in [0.1, 0.15) is 28.3 Å². The molecule has 1 aliphatic carbocycles. The molecule has 196 valence electrons. The number of hydrogen-bond donors (Lipinski definition) is 3. The maximum absolute atomic E-state index is 12.8. The maximum atomic E-state index is 12.8. The smallest absolute Gasteiger partial charge is 0.410 e. The van der Waals surface area contributed by atoms with Crippen LogP contribution in [-0.2, 0) is 9.53 Å². The molecule has 1 atom stereocenters. The molecule has 9 nitrogen and oxygen atoms in total. The van der Waals surface area contributed by atoms with Crippen LogP contribution in [0.25, 0.3) is 22.2 Å². The van der Waals surface area contributed by atoms with Crippen LogP contribution in [0.5, 0.6) is 0 Å². The summed E-state index contributed by atoms with van der Waals surface area (Å²) in [5, 5.41) is 8.13. The third kappa shape index (κ3) is 5.82. The van der Waals surface area contributed by atoms with Gasteiger partial charge < -0.3 is 20.4 Å². The van der Waals surface area contributed by atoms with Crippen LogP contribution < -0.4 is 10.6 Å². The number of aromatic nitrogens is 3. The van der Waals surface area contributed by atoms with Crippen LogP contribution in [-0.4, -0.2) is 62.1 Å². The van der Waals surface area contributed by atoms with E-state index in [1.807, 2.05) is 51.2 Å². The number of H-pyrrole nitrogens is 1. The van der Waals surface area contributed by atoms with Gasteiger partial charge in [0.2, 0.25) is 5.91 Å². The number of carbonyl (C=O) groups is 2. The average Bonchev–Trinajstić information content (AvgIpc) is 3.22. The quantitative estimate of drug-likeness (QED) is 0.399. The van der Waals surface area contributed by atoms with Crippen LogP contribution in [0.4, 0.5) is 10.6 Å². The molecular formula is C27H33ClN6O3. The van der Waals surface area contributed by atoms with Crippen molar-refractivity contribution < 1.29 is 14.3 Å². The number of fused-ring (bicyclic) bond motifs is 1. The number of anilines is 1. The van der Waals surface area contributed by atoms with Crippen molar-refractivity contribution in [2.45, 2.75) is 76.6 Å². The number of hydrogen-bond acceptors (Lipinski definition) is 6. The number of likely N-dealkylation sites (tertiary alicyclic amines) is 1. The Morgan fingerprint density at radius 1 is 1.14 bits per heavy atom. The van der Waals surface area contributed by atoms with Crippen molar-refractivity contribution in [2.75, 3.05) is 11.9 Å². The third-order valence-corrected chi connectivity index (χ3v) is 7.13. The minimum Gasteiger partial charge on any atom is -0.444 e. The Morgan fingerprint density at radius 2 is 1.89 bits per heavy atom. The Morgan fingerprint density at radius 3 is 2.59 bits per heavy atom. The number of pyridine rings is 2. The minimum atomic E-state index is -0.579. The van der Waals surface area contributed by atoms with Gasteiger partial charge in [0, 0.05) is 42.0 Å². The number of amides is 2. The molecule has 3 aromatic rings. The molecule has 4 heterocycles. The van der Waals surface area contributed by atoms with Gasteiger partial charge in [-0.1, -0.05) is 11.6 Å². The monoisotopic (exact) mass is 524 g/mol. The molecular weight excluding hydrogens is 492 g/mol. The van der Waals surface area contributed by atoms with E-state index in [4.69, 9.17) is 16.3 Å². The van der Waals surface area contributed by atoms with Crippen molar-refractivity contribution in [1.82, 2.24) is 25.2 Å². The zero-order valence-electron chi connectivity index (χ0n) is 21.4. The molecule has 1 saturated carbocycles. The molecule has 0 unspecified atom stereocenters. The first kappa shape index (κ1) is 25.3.